The Balaban J connectivity index is 2.44. The van der Waals surface area contributed by atoms with Crippen LogP contribution in [0.5, 0.6) is 0 Å². The largest absolute Gasteiger partial charge is 0.453 e. The van der Waals surface area contributed by atoms with Gasteiger partial charge < -0.3 is 14.8 Å². The Morgan fingerprint density at radius 1 is 1.21 bits per heavy atom. The summed E-state index contributed by atoms with van der Waals surface area (Å²) in [6.07, 6.45) is 1.21. The van der Waals surface area contributed by atoms with Gasteiger partial charge in [0, 0.05) is 17.3 Å². The summed E-state index contributed by atoms with van der Waals surface area (Å²) in [5.74, 6) is -0.537. The molecule has 1 heterocycles. The lowest BCUT2D eigenvalue weighted by Crippen LogP contribution is -2.19. The molecule has 1 unspecified atom stereocenters. The number of amides is 2. The Hall–Kier alpha value is -2.23. The molecule has 1 aromatic heterocycles. The highest BCUT2D eigenvalue weighted by atomic mass is 32.2. The second kappa shape index (κ2) is 8.25. The third-order valence-electron chi connectivity index (χ3n) is 4.43. The van der Waals surface area contributed by atoms with E-state index in [4.69, 9.17) is 9.56 Å². The number of nitrogens with one attached hydrogen (secondary N) is 1. The molecule has 0 aliphatic rings. The van der Waals surface area contributed by atoms with Crippen LogP contribution in [-0.2, 0) is 15.5 Å². The lowest BCUT2D eigenvalue weighted by Gasteiger charge is -2.19. The highest BCUT2D eigenvalue weighted by Gasteiger charge is 2.23. The molecular weight excluding hydrogens is 397 g/mol. The number of hydrogen-bond donors (Lipinski definition) is 3. The Morgan fingerprint density at radius 2 is 1.72 bits per heavy atom. The first-order chi connectivity index (χ1) is 13.2. The molecule has 0 saturated carbocycles. The molecule has 2 aromatic rings. The smallest absolute Gasteiger partial charge is 0.354 e. The zero-order chi connectivity index (χ0) is 22.1. The molecule has 0 saturated heterocycles. The maximum absolute atomic E-state index is 14.0. The number of anilines is 1. The fraction of sp³-hybridized carbons (Fsp3) is 0.450. The van der Waals surface area contributed by atoms with Gasteiger partial charge in [-0.05, 0) is 48.9 Å². The number of nitrogens with zero attached hydrogens (tertiary/aromatic N) is 1. The maximum Gasteiger partial charge on any atom is 0.354 e. The fourth-order valence-corrected chi connectivity index (χ4v) is 3.66. The van der Waals surface area contributed by atoms with Crippen LogP contribution in [0.2, 0.25) is 0 Å². The van der Waals surface area contributed by atoms with Crippen molar-refractivity contribution < 1.29 is 22.9 Å². The van der Waals surface area contributed by atoms with Gasteiger partial charge in [0.25, 0.3) is 0 Å². The molecule has 29 heavy (non-hydrogen) atoms. The van der Waals surface area contributed by atoms with Crippen LogP contribution in [0, 0.1) is 5.82 Å². The second-order valence-corrected chi connectivity index (χ2v) is 9.79. The molecule has 0 fully saturated rings. The molecule has 2 amide bonds. The van der Waals surface area contributed by atoms with Gasteiger partial charge in [0.15, 0.2) is 9.92 Å². The van der Waals surface area contributed by atoms with Crippen LogP contribution in [0.4, 0.5) is 14.9 Å². The monoisotopic (exact) mass is 425 g/mol. The van der Waals surface area contributed by atoms with E-state index in [1.54, 1.807) is 0 Å². The molecular formula is C20H28FN3O4S. The van der Waals surface area contributed by atoms with E-state index in [0.29, 0.717) is 22.4 Å². The molecule has 1 aromatic carbocycles. The third kappa shape index (κ3) is 5.43. The van der Waals surface area contributed by atoms with Crippen molar-refractivity contribution in [1.82, 2.24) is 0 Å². The van der Waals surface area contributed by atoms with E-state index in [-0.39, 0.29) is 16.9 Å². The van der Waals surface area contributed by atoms with Crippen molar-refractivity contribution in [2.24, 2.45) is 9.50 Å². The zero-order valence-electron chi connectivity index (χ0n) is 17.4. The fourth-order valence-electron chi connectivity index (χ4n) is 2.79. The predicted octanol–water partition coefficient (Wildman–Crippen LogP) is 4.83. The number of carbonyl (C=O) groups is 1. The van der Waals surface area contributed by atoms with Crippen molar-refractivity contribution in [2.75, 3.05) is 5.32 Å². The van der Waals surface area contributed by atoms with Crippen LogP contribution in [0.1, 0.15) is 70.1 Å². The topological polar surface area (TPSA) is 118 Å². The minimum absolute atomic E-state index is 0.0693. The number of carbonyl (C=O) groups excluding carboxylic acids is 1. The first kappa shape index (κ1) is 23.1. The number of hydrogen-bond acceptors (Lipinski definition) is 4. The molecule has 0 aliphatic carbocycles. The van der Waals surface area contributed by atoms with Crippen molar-refractivity contribution in [3.05, 3.63) is 47.0 Å². The van der Waals surface area contributed by atoms with Gasteiger partial charge in [0.05, 0.1) is 11.9 Å². The first-order valence-corrected chi connectivity index (χ1v) is 10.8. The average molecular weight is 426 g/mol. The van der Waals surface area contributed by atoms with E-state index in [9.17, 15) is 18.5 Å². The highest BCUT2D eigenvalue weighted by Crippen LogP contribution is 2.34. The van der Waals surface area contributed by atoms with Crippen LogP contribution in [0.15, 0.2) is 38.3 Å². The summed E-state index contributed by atoms with van der Waals surface area (Å²) < 4.78 is 35.5. The summed E-state index contributed by atoms with van der Waals surface area (Å²) in [7, 11) is -3.68. The van der Waals surface area contributed by atoms with Gasteiger partial charge in [-0.15, -0.1) is 4.36 Å². The Kier molecular flexibility index (Phi) is 6.56. The van der Waals surface area contributed by atoms with Gasteiger partial charge >= 0.3 is 6.03 Å². The number of benzene rings is 1. The van der Waals surface area contributed by atoms with Gasteiger partial charge in [-0.25, -0.2) is 18.5 Å². The van der Waals surface area contributed by atoms with E-state index in [1.165, 1.54) is 38.3 Å². The third-order valence-corrected chi connectivity index (χ3v) is 5.66. The summed E-state index contributed by atoms with van der Waals surface area (Å²) in [4.78, 5) is 12.5. The van der Waals surface area contributed by atoms with Crippen molar-refractivity contribution >= 4 is 21.6 Å². The highest BCUT2D eigenvalue weighted by molar-refractivity contribution is 7.91. The van der Waals surface area contributed by atoms with E-state index < -0.39 is 27.4 Å². The molecule has 0 spiro atoms. The number of aliphatic hydroxyl groups is 1. The van der Waals surface area contributed by atoms with Gasteiger partial charge in [-0.3, -0.25) is 0 Å². The number of furan rings is 1. The predicted molar refractivity (Wildman–Crippen MR) is 111 cm³/mol. The Bertz CT molecular complexity index is 1000. The lowest BCUT2D eigenvalue weighted by atomic mass is 9.92. The van der Waals surface area contributed by atoms with Crippen LogP contribution in [0.25, 0.3) is 0 Å². The summed E-state index contributed by atoms with van der Waals surface area (Å²) >= 11 is 0. The molecule has 4 N–H and O–H groups in total. The Morgan fingerprint density at radius 3 is 2.14 bits per heavy atom. The molecule has 0 radical (unpaired) electrons. The summed E-state index contributed by atoms with van der Waals surface area (Å²) in [6, 6.07) is 3.08. The molecule has 7 nitrogen and oxygen atoms in total. The maximum atomic E-state index is 14.0. The van der Waals surface area contributed by atoms with Gasteiger partial charge in [0.1, 0.15) is 5.82 Å². The molecule has 9 heteroatoms. The van der Waals surface area contributed by atoms with Crippen LogP contribution in [-0.4, -0.2) is 15.3 Å². The van der Waals surface area contributed by atoms with Crippen LogP contribution >= 0.6 is 0 Å². The molecule has 1 atom stereocenters. The molecule has 0 bridgehead atoms. The van der Waals surface area contributed by atoms with E-state index in [0.717, 1.165) is 0 Å². The minimum Gasteiger partial charge on any atom is -0.453 e. The minimum atomic E-state index is -3.68. The van der Waals surface area contributed by atoms with Crippen molar-refractivity contribution in [3.8, 4) is 0 Å². The molecule has 160 valence electrons. The summed E-state index contributed by atoms with van der Waals surface area (Å²) in [6.45, 7) is 10.5. The molecule has 2 rings (SSSR count). The van der Waals surface area contributed by atoms with E-state index >= 15 is 0 Å². The number of nitrogens with two attached hydrogens (primary N) is 1. The van der Waals surface area contributed by atoms with Crippen LogP contribution in [0.3, 0.4) is 0 Å². The lowest BCUT2D eigenvalue weighted by molar-refractivity contribution is 0.0779. The van der Waals surface area contributed by atoms with Crippen molar-refractivity contribution in [3.63, 3.8) is 0 Å². The van der Waals surface area contributed by atoms with Crippen molar-refractivity contribution in [1.29, 1.82) is 0 Å². The number of halogens is 1. The summed E-state index contributed by atoms with van der Waals surface area (Å²) in [5.41, 5.74) is 0.749. The van der Waals surface area contributed by atoms with Gasteiger partial charge in [-0.2, -0.15) is 0 Å². The van der Waals surface area contributed by atoms with Gasteiger partial charge in [0.2, 0.25) is 5.09 Å². The van der Waals surface area contributed by atoms with E-state index in [2.05, 4.69) is 9.68 Å². The zero-order valence-corrected chi connectivity index (χ0v) is 18.3. The average Bonchev–Trinajstić information content (AvgIpc) is 3.06. The Labute approximate surface area is 170 Å². The standard InChI is InChI=1S/C20H28FN3O4S/c1-11(2)15-8-14(21)9-16(12(3)4)18(15)23-19(25)24-29(22,27)17-7-13(10-28-17)20(5,6)26/h7-12,26H,1-6H3,(H3,22,23,24,25,27). The first-order valence-electron chi connectivity index (χ1n) is 9.23. The summed E-state index contributed by atoms with van der Waals surface area (Å²) in [5, 5.41) is 18.1. The van der Waals surface area contributed by atoms with Crippen molar-refractivity contribution in [2.45, 2.75) is 64.1 Å². The van der Waals surface area contributed by atoms with E-state index in [1.807, 2.05) is 27.7 Å². The number of rotatable bonds is 5. The second-order valence-electron chi connectivity index (χ2n) is 8.07. The normalized spacial score (nSPS) is 14.2. The SMILES string of the molecule is CC(C)c1cc(F)cc(C(C)C)c1NC(=O)N=S(N)(=O)c1cc(C(C)(C)O)co1. The number of urea groups is 1. The van der Waals surface area contributed by atoms with Gasteiger partial charge in [-0.1, -0.05) is 27.7 Å². The quantitative estimate of drug-likeness (QED) is 0.636. The van der Waals surface area contributed by atoms with Crippen LogP contribution < -0.4 is 10.5 Å². The molecule has 0 aliphatic heterocycles.